The first-order valence-electron chi connectivity index (χ1n) is 5.87. The molecule has 0 bridgehead atoms. The van der Waals surface area contributed by atoms with Gasteiger partial charge in [-0.25, -0.2) is 0 Å². The van der Waals surface area contributed by atoms with Crippen molar-refractivity contribution in [1.82, 2.24) is 5.32 Å². The summed E-state index contributed by atoms with van der Waals surface area (Å²) in [5.41, 5.74) is 2.78. The van der Waals surface area contributed by atoms with Gasteiger partial charge in [0.25, 0.3) is 0 Å². The van der Waals surface area contributed by atoms with Crippen molar-refractivity contribution in [2.24, 2.45) is 5.92 Å². The molecule has 0 radical (unpaired) electrons. The van der Waals surface area contributed by atoms with E-state index in [0.717, 1.165) is 18.8 Å². The van der Waals surface area contributed by atoms with E-state index in [2.05, 4.69) is 11.4 Å². The van der Waals surface area contributed by atoms with Crippen LogP contribution in [0.15, 0.2) is 18.2 Å². The van der Waals surface area contributed by atoms with Gasteiger partial charge in [0.2, 0.25) is 0 Å². The number of hydrogen-bond acceptors (Lipinski definition) is 2. The molecule has 2 nitrogen and oxygen atoms in total. The number of nitrogens with one attached hydrogen (secondary N) is 1. The summed E-state index contributed by atoms with van der Waals surface area (Å²) in [5.74, 6) is 1.20. The molecule has 0 saturated carbocycles. The minimum Gasteiger partial charge on any atom is -0.508 e. The minimum atomic E-state index is 0.413. The lowest BCUT2D eigenvalue weighted by atomic mass is 9.76. The molecule has 1 aromatic carbocycles. The lowest BCUT2D eigenvalue weighted by Gasteiger charge is -2.37. The Labute approximate surface area is 90.3 Å². The molecular formula is C13H17NO. The highest BCUT2D eigenvalue weighted by molar-refractivity contribution is 5.37. The lowest BCUT2D eigenvalue weighted by Crippen LogP contribution is -2.45. The second-order valence-corrected chi connectivity index (χ2v) is 4.82. The molecule has 1 fully saturated rings. The smallest absolute Gasteiger partial charge is 0.115 e. The van der Waals surface area contributed by atoms with Crippen LogP contribution in [0.3, 0.4) is 0 Å². The van der Waals surface area contributed by atoms with Gasteiger partial charge in [-0.15, -0.1) is 0 Å². The van der Waals surface area contributed by atoms with Crippen LogP contribution in [0.2, 0.25) is 0 Å². The molecule has 2 aliphatic rings. The van der Waals surface area contributed by atoms with Crippen molar-refractivity contribution in [2.75, 3.05) is 6.54 Å². The predicted molar refractivity (Wildman–Crippen MR) is 60.0 cm³/mol. The summed E-state index contributed by atoms with van der Waals surface area (Å²) in [6.45, 7) is 1.18. The highest BCUT2D eigenvalue weighted by Crippen LogP contribution is 2.32. The van der Waals surface area contributed by atoms with Gasteiger partial charge in [0, 0.05) is 6.04 Å². The summed E-state index contributed by atoms with van der Waals surface area (Å²) >= 11 is 0. The largest absolute Gasteiger partial charge is 0.508 e. The molecule has 1 saturated heterocycles. The minimum absolute atomic E-state index is 0.413. The molecule has 2 atom stereocenters. The van der Waals surface area contributed by atoms with Crippen molar-refractivity contribution in [3.63, 3.8) is 0 Å². The lowest BCUT2D eigenvalue weighted by molar-refractivity contribution is 0.263. The third kappa shape index (κ3) is 1.63. The van der Waals surface area contributed by atoms with Gasteiger partial charge in [0.15, 0.2) is 0 Å². The fourth-order valence-electron chi connectivity index (χ4n) is 3.02. The fraction of sp³-hybridized carbons (Fsp3) is 0.538. The zero-order valence-corrected chi connectivity index (χ0v) is 8.87. The Bertz CT molecular complexity index is 375. The van der Waals surface area contributed by atoms with Gasteiger partial charge in [0.1, 0.15) is 5.75 Å². The maximum atomic E-state index is 9.47. The number of phenols is 1. The van der Waals surface area contributed by atoms with E-state index in [1.54, 1.807) is 0 Å². The third-order valence-electron chi connectivity index (χ3n) is 3.84. The van der Waals surface area contributed by atoms with E-state index in [1.165, 1.54) is 30.5 Å². The summed E-state index contributed by atoms with van der Waals surface area (Å²) in [7, 11) is 0. The van der Waals surface area contributed by atoms with Gasteiger partial charge in [-0.2, -0.15) is 0 Å². The van der Waals surface area contributed by atoms with E-state index in [-0.39, 0.29) is 0 Å². The summed E-state index contributed by atoms with van der Waals surface area (Å²) in [6.07, 6.45) is 4.92. The molecule has 0 spiro atoms. The molecule has 0 amide bonds. The van der Waals surface area contributed by atoms with Crippen LogP contribution in [0, 0.1) is 5.92 Å². The van der Waals surface area contributed by atoms with Crippen molar-refractivity contribution < 1.29 is 5.11 Å². The number of fused-ring (bicyclic) bond motifs is 2. The van der Waals surface area contributed by atoms with Gasteiger partial charge in [-0.1, -0.05) is 6.07 Å². The molecule has 80 valence electrons. The first-order valence-corrected chi connectivity index (χ1v) is 5.87. The quantitative estimate of drug-likeness (QED) is 0.674. The topological polar surface area (TPSA) is 32.3 Å². The SMILES string of the molecule is Oc1ccc2c(c1)C[C@@H]1CCCN[C@@H]1C2. The molecule has 1 aromatic rings. The number of benzene rings is 1. The maximum absolute atomic E-state index is 9.47. The molecule has 3 rings (SSSR count). The van der Waals surface area contributed by atoms with Crippen LogP contribution in [-0.4, -0.2) is 17.7 Å². The van der Waals surface area contributed by atoms with Crippen molar-refractivity contribution in [1.29, 1.82) is 0 Å². The van der Waals surface area contributed by atoms with E-state index in [0.29, 0.717) is 11.8 Å². The van der Waals surface area contributed by atoms with Crippen LogP contribution in [0.25, 0.3) is 0 Å². The van der Waals surface area contributed by atoms with Crippen LogP contribution < -0.4 is 5.32 Å². The maximum Gasteiger partial charge on any atom is 0.115 e. The van der Waals surface area contributed by atoms with Gasteiger partial charge >= 0.3 is 0 Å². The Hall–Kier alpha value is -1.02. The second kappa shape index (κ2) is 3.53. The van der Waals surface area contributed by atoms with Crippen molar-refractivity contribution in [3.05, 3.63) is 29.3 Å². The first-order chi connectivity index (χ1) is 7.33. The van der Waals surface area contributed by atoms with Crippen LogP contribution in [0.5, 0.6) is 5.75 Å². The Morgan fingerprint density at radius 3 is 3.07 bits per heavy atom. The van der Waals surface area contributed by atoms with Crippen molar-refractivity contribution >= 4 is 0 Å². The second-order valence-electron chi connectivity index (χ2n) is 4.82. The van der Waals surface area contributed by atoms with Gasteiger partial charge in [-0.3, -0.25) is 0 Å². The number of rotatable bonds is 0. The Morgan fingerprint density at radius 2 is 2.13 bits per heavy atom. The molecule has 2 N–H and O–H groups in total. The monoisotopic (exact) mass is 203 g/mol. The van der Waals surface area contributed by atoms with Crippen LogP contribution in [0.1, 0.15) is 24.0 Å². The van der Waals surface area contributed by atoms with Crippen molar-refractivity contribution in [3.8, 4) is 5.75 Å². The highest BCUT2D eigenvalue weighted by atomic mass is 16.3. The van der Waals surface area contributed by atoms with Crippen LogP contribution in [-0.2, 0) is 12.8 Å². The summed E-state index contributed by atoms with van der Waals surface area (Å²) in [6, 6.07) is 6.51. The van der Waals surface area contributed by atoms with Gasteiger partial charge in [-0.05, 0) is 61.4 Å². The van der Waals surface area contributed by atoms with E-state index < -0.39 is 0 Å². The Morgan fingerprint density at radius 1 is 1.20 bits per heavy atom. The number of phenolic OH excluding ortho intramolecular Hbond substituents is 1. The average molecular weight is 203 g/mol. The molecule has 1 aliphatic carbocycles. The predicted octanol–water partition coefficient (Wildman–Crippen LogP) is 1.86. The summed E-state index contributed by atoms with van der Waals surface area (Å²) < 4.78 is 0. The van der Waals surface area contributed by atoms with Crippen LogP contribution >= 0.6 is 0 Å². The molecule has 1 aliphatic heterocycles. The molecule has 2 heteroatoms. The normalized spacial score (nSPS) is 29.3. The number of hydrogen-bond donors (Lipinski definition) is 2. The van der Waals surface area contributed by atoms with E-state index in [9.17, 15) is 5.11 Å². The van der Waals surface area contributed by atoms with E-state index in [1.807, 2.05) is 12.1 Å². The zero-order chi connectivity index (χ0) is 10.3. The summed E-state index contributed by atoms with van der Waals surface area (Å²) in [4.78, 5) is 0. The molecular weight excluding hydrogens is 186 g/mol. The number of piperidine rings is 1. The standard InChI is InChI=1S/C13H17NO/c15-12-4-3-9-8-13-10(2-1-5-14-13)6-11(9)7-12/h3-4,7,10,13-15H,1-2,5-6,8H2/t10-,13+/m0/s1. The molecule has 0 aromatic heterocycles. The van der Waals surface area contributed by atoms with Crippen LogP contribution in [0.4, 0.5) is 0 Å². The highest BCUT2D eigenvalue weighted by Gasteiger charge is 2.30. The van der Waals surface area contributed by atoms with Gasteiger partial charge < -0.3 is 10.4 Å². The molecule has 0 unspecified atom stereocenters. The zero-order valence-electron chi connectivity index (χ0n) is 8.87. The average Bonchev–Trinajstić information content (AvgIpc) is 2.26. The van der Waals surface area contributed by atoms with Gasteiger partial charge in [0.05, 0.1) is 0 Å². The molecule has 15 heavy (non-hydrogen) atoms. The first kappa shape index (κ1) is 9.22. The summed E-state index contributed by atoms with van der Waals surface area (Å²) in [5, 5.41) is 13.1. The fourth-order valence-corrected chi connectivity index (χ4v) is 3.02. The van der Waals surface area contributed by atoms with Crippen molar-refractivity contribution in [2.45, 2.75) is 31.7 Å². The van der Waals surface area contributed by atoms with E-state index in [4.69, 9.17) is 0 Å². The third-order valence-corrected chi connectivity index (χ3v) is 3.84. The Kier molecular flexibility index (Phi) is 2.17. The number of aromatic hydroxyl groups is 1. The molecule has 1 heterocycles. The van der Waals surface area contributed by atoms with E-state index >= 15 is 0 Å². The Balaban J connectivity index is 1.92.